The summed E-state index contributed by atoms with van der Waals surface area (Å²) < 4.78 is 7.87. The standard InChI is InChI=1S/C15H18N2O3/c1-11(2)10-16-8-9-17(15(19)14(16)18)12-4-6-13(20-3)7-5-12/h4-9,11H,10H2,1-3H3. The van der Waals surface area contributed by atoms with Crippen molar-refractivity contribution in [1.29, 1.82) is 0 Å². The molecule has 2 rings (SSSR count). The molecule has 5 heteroatoms. The summed E-state index contributed by atoms with van der Waals surface area (Å²) in [7, 11) is 1.58. The lowest BCUT2D eigenvalue weighted by atomic mass is 10.2. The summed E-state index contributed by atoms with van der Waals surface area (Å²) in [6, 6.07) is 6.99. The molecule has 0 unspecified atom stereocenters. The molecule has 0 spiro atoms. The van der Waals surface area contributed by atoms with Crippen LogP contribution >= 0.6 is 0 Å². The van der Waals surface area contributed by atoms with Gasteiger partial charge in [0, 0.05) is 24.6 Å². The van der Waals surface area contributed by atoms with Gasteiger partial charge < -0.3 is 9.30 Å². The number of hydrogen-bond donors (Lipinski definition) is 0. The summed E-state index contributed by atoms with van der Waals surface area (Å²) in [6.07, 6.45) is 3.27. The van der Waals surface area contributed by atoms with Gasteiger partial charge in [-0.15, -0.1) is 0 Å². The molecular weight excluding hydrogens is 256 g/mol. The zero-order chi connectivity index (χ0) is 14.7. The van der Waals surface area contributed by atoms with E-state index in [0.717, 1.165) is 0 Å². The Kier molecular flexibility index (Phi) is 4.08. The molecule has 5 nitrogen and oxygen atoms in total. The second-order valence-electron chi connectivity index (χ2n) is 5.02. The van der Waals surface area contributed by atoms with Gasteiger partial charge in [0.2, 0.25) is 0 Å². The molecule has 106 valence electrons. The van der Waals surface area contributed by atoms with Gasteiger partial charge in [-0.3, -0.25) is 14.2 Å². The van der Waals surface area contributed by atoms with Gasteiger partial charge in [0.1, 0.15) is 5.75 Å². The van der Waals surface area contributed by atoms with E-state index in [-0.39, 0.29) is 0 Å². The summed E-state index contributed by atoms with van der Waals surface area (Å²) >= 11 is 0. The second-order valence-corrected chi connectivity index (χ2v) is 5.02. The van der Waals surface area contributed by atoms with Crippen LogP contribution in [0.1, 0.15) is 13.8 Å². The van der Waals surface area contributed by atoms with E-state index in [1.54, 1.807) is 43.8 Å². The average Bonchev–Trinajstić information content (AvgIpc) is 2.44. The maximum absolute atomic E-state index is 12.1. The van der Waals surface area contributed by atoms with Crippen LogP contribution in [0.25, 0.3) is 5.69 Å². The van der Waals surface area contributed by atoms with Crippen LogP contribution in [-0.4, -0.2) is 16.2 Å². The van der Waals surface area contributed by atoms with Crippen molar-refractivity contribution in [2.45, 2.75) is 20.4 Å². The first-order chi connectivity index (χ1) is 9.52. The molecule has 0 saturated heterocycles. The van der Waals surface area contributed by atoms with Crippen LogP contribution < -0.4 is 15.9 Å². The third-order valence-electron chi connectivity index (χ3n) is 2.97. The number of rotatable bonds is 4. The van der Waals surface area contributed by atoms with Gasteiger partial charge >= 0.3 is 11.1 Å². The van der Waals surface area contributed by atoms with Crippen LogP contribution in [-0.2, 0) is 6.54 Å². The zero-order valence-corrected chi connectivity index (χ0v) is 11.9. The van der Waals surface area contributed by atoms with Gasteiger partial charge in [0.15, 0.2) is 0 Å². The Morgan fingerprint density at radius 1 is 1.05 bits per heavy atom. The number of methoxy groups -OCH3 is 1. The first-order valence-electron chi connectivity index (χ1n) is 6.49. The molecule has 0 bridgehead atoms. The predicted octanol–water partition coefficient (Wildman–Crippen LogP) is 1.66. The van der Waals surface area contributed by atoms with E-state index < -0.39 is 11.1 Å². The predicted molar refractivity (Wildman–Crippen MR) is 77.7 cm³/mol. The van der Waals surface area contributed by atoms with E-state index in [1.165, 1.54) is 9.13 Å². The van der Waals surface area contributed by atoms with Crippen molar-refractivity contribution in [3.05, 3.63) is 57.4 Å². The molecular formula is C15H18N2O3. The number of nitrogens with zero attached hydrogens (tertiary/aromatic N) is 2. The minimum Gasteiger partial charge on any atom is -0.497 e. The van der Waals surface area contributed by atoms with E-state index in [4.69, 9.17) is 4.74 Å². The summed E-state index contributed by atoms with van der Waals surface area (Å²) in [4.78, 5) is 24.2. The molecule has 1 aromatic carbocycles. The van der Waals surface area contributed by atoms with Crippen molar-refractivity contribution in [2.24, 2.45) is 5.92 Å². The fraction of sp³-hybridized carbons (Fsp3) is 0.333. The number of hydrogen-bond acceptors (Lipinski definition) is 3. The highest BCUT2D eigenvalue weighted by atomic mass is 16.5. The Balaban J connectivity index is 2.45. The Morgan fingerprint density at radius 3 is 2.25 bits per heavy atom. The van der Waals surface area contributed by atoms with Crippen LogP contribution in [0.3, 0.4) is 0 Å². The summed E-state index contributed by atoms with van der Waals surface area (Å²) in [5.41, 5.74) is -0.403. The summed E-state index contributed by atoms with van der Waals surface area (Å²) in [5.74, 6) is 1.01. The topological polar surface area (TPSA) is 53.2 Å². The fourth-order valence-corrected chi connectivity index (χ4v) is 1.99. The highest BCUT2D eigenvalue weighted by molar-refractivity contribution is 5.37. The maximum atomic E-state index is 12.1. The Morgan fingerprint density at radius 2 is 1.70 bits per heavy atom. The molecule has 0 amide bonds. The van der Waals surface area contributed by atoms with Gasteiger partial charge in [-0.25, -0.2) is 0 Å². The average molecular weight is 274 g/mol. The molecule has 1 aromatic heterocycles. The molecule has 2 aromatic rings. The SMILES string of the molecule is COc1ccc(-n2ccn(CC(C)C)c(=O)c2=O)cc1. The number of ether oxygens (including phenoxy) is 1. The fourth-order valence-electron chi connectivity index (χ4n) is 1.99. The van der Waals surface area contributed by atoms with Crippen LogP contribution in [0.2, 0.25) is 0 Å². The maximum Gasteiger partial charge on any atom is 0.320 e. The van der Waals surface area contributed by atoms with Crippen molar-refractivity contribution in [3.8, 4) is 11.4 Å². The molecule has 1 heterocycles. The second kappa shape index (κ2) is 5.77. The molecule has 0 aliphatic rings. The van der Waals surface area contributed by atoms with Crippen molar-refractivity contribution >= 4 is 0 Å². The van der Waals surface area contributed by atoms with Crippen molar-refractivity contribution in [3.63, 3.8) is 0 Å². The molecule has 0 radical (unpaired) electrons. The largest absolute Gasteiger partial charge is 0.497 e. The van der Waals surface area contributed by atoms with Gasteiger partial charge in [-0.05, 0) is 30.2 Å². The van der Waals surface area contributed by atoms with Crippen LogP contribution in [0.4, 0.5) is 0 Å². The molecule has 0 aliphatic heterocycles. The smallest absolute Gasteiger partial charge is 0.320 e. The molecule has 0 saturated carbocycles. The van der Waals surface area contributed by atoms with Gasteiger partial charge in [0.05, 0.1) is 7.11 Å². The lowest BCUT2D eigenvalue weighted by Gasteiger charge is -2.11. The van der Waals surface area contributed by atoms with Crippen molar-refractivity contribution in [2.75, 3.05) is 7.11 Å². The van der Waals surface area contributed by atoms with Crippen LogP contribution in [0.15, 0.2) is 46.2 Å². The van der Waals surface area contributed by atoms with Crippen molar-refractivity contribution in [1.82, 2.24) is 9.13 Å². The Hall–Kier alpha value is -2.30. The quantitative estimate of drug-likeness (QED) is 0.797. The van der Waals surface area contributed by atoms with E-state index in [2.05, 4.69) is 0 Å². The van der Waals surface area contributed by atoms with E-state index in [9.17, 15) is 9.59 Å². The van der Waals surface area contributed by atoms with Crippen LogP contribution in [0.5, 0.6) is 5.75 Å². The summed E-state index contributed by atoms with van der Waals surface area (Å²) in [5, 5.41) is 0. The molecule has 0 aliphatic carbocycles. The van der Waals surface area contributed by atoms with Crippen LogP contribution in [0, 0.1) is 5.92 Å². The zero-order valence-electron chi connectivity index (χ0n) is 11.9. The number of benzene rings is 1. The van der Waals surface area contributed by atoms with Gasteiger partial charge in [-0.2, -0.15) is 0 Å². The van der Waals surface area contributed by atoms with E-state index in [0.29, 0.717) is 23.9 Å². The lowest BCUT2D eigenvalue weighted by molar-refractivity contribution is 0.414. The molecule has 0 fully saturated rings. The normalized spacial score (nSPS) is 10.8. The monoisotopic (exact) mass is 274 g/mol. The minimum absolute atomic E-state index is 0.309. The lowest BCUT2D eigenvalue weighted by Crippen LogP contribution is -2.40. The molecule has 20 heavy (non-hydrogen) atoms. The third-order valence-corrected chi connectivity index (χ3v) is 2.97. The van der Waals surface area contributed by atoms with Gasteiger partial charge in [0.25, 0.3) is 0 Å². The van der Waals surface area contributed by atoms with E-state index in [1.807, 2.05) is 13.8 Å². The minimum atomic E-state index is -0.543. The first-order valence-corrected chi connectivity index (χ1v) is 6.49. The highest BCUT2D eigenvalue weighted by Crippen LogP contribution is 2.13. The first kappa shape index (κ1) is 14.1. The van der Waals surface area contributed by atoms with E-state index >= 15 is 0 Å². The Labute approximate surface area is 117 Å². The molecule has 0 atom stereocenters. The number of aromatic nitrogens is 2. The third kappa shape index (κ3) is 2.82. The summed E-state index contributed by atoms with van der Waals surface area (Å²) in [6.45, 7) is 4.54. The van der Waals surface area contributed by atoms with Crippen molar-refractivity contribution < 1.29 is 4.74 Å². The highest BCUT2D eigenvalue weighted by Gasteiger charge is 2.07. The van der Waals surface area contributed by atoms with Gasteiger partial charge in [-0.1, -0.05) is 13.8 Å². The Bertz CT molecular complexity index is 696. The molecule has 0 N–H and O–H groups in total.